The van der Waals surface area contributed by atoms with Crippen molar-refractivity contribution in [3.8, 4) is 11.5 Å². The van der Waals surface area contributed by atoms with Gasteiger partial charge in [-0.05, 0) is 44.4 Å². The second-order valence-electron chi connectivity index (χ2n) is 6.24. The normalized spacial score (nSPS) is 58.4. The molecule has 23 heavy (non-hydrogen) atoms. The summed E-state index contributed by atoms with van der Waals surface area (Å²) in [6, 6.07) is -3.90. The van der Waals surface area contributed by atoms with Gasteiger partial charge in [-0.3, -0.25) is 4.79 Å². The van der Waals surface area contributed by atoms with E-state index in [1.165, 1.54) is 0 Å². The van der Waals surface area contributed by atoms with Gasteiger partial charge in [-0.15, -0.1) is 0 Å². The van der Waals surface area contributed by atoms with E-state index in [1.807, 2.05) is 0 Å². The van der Waals surface area contributed by atoms with Crippen LogP contribution >= 0.6 is 0 Å². The number of Topliss-reactive ketones (excluding diaryl/α,β-unsaturated/α-hetero) is 1. The van der Waals surface area contributed by atoms with E-state index in [4.69, 9.17) is 29.7 Å². The molecule has 1 saturated heterocycles. The molecule has 4 atom stereocenters. The molecule has 122 valence electrons. The summed E-state index contributed by atoms with van der Waals surface area (Å²) < 4.78 is 118. The number of piperidine rings is 1. The van der Waals surface area contributed by atoms with E-state index in [1.54, 1.807) is 0 Å². The highest BCUT2D eigenvalue weighted by Gasteiger charge is 2.72. The summed E-state index contributed by atoms with van der Waals surface area (Å²) in [5.74, 6) is -2.71. The van der Waals surface area contributed by atoms with Crippen LogP contribution in [-0.4, -0.2) is 55.5 Å². The maximum atomic E-state index is 13.5. The molecule has 5 nitrogen and oxygen atoms in total. The summed E-state index contributed by atoms with van der Waals surface area (Å²) in [5.41, 5.74) is -4.94. The fourth-order valence-corrected chi connectivity index (χ4v) is 4.45. The van der Waals surface area contributed by atoms with Gasteiger partial charge >= 0.3 is 0 Å². The number of ketones is 1. The minimum atomic E-state index is -3.13. The molecule has 2 aliphatic carbocycles. The molecule has 5 rings (SSSR count). The summed E-state index contributed by atoms with van der Waals surface area (Å²) in [6.07, 6.45) is -7.90. The third-order valence-electron chi connectivity index (χ3n) is 5.42. The number of hydrogen-bond acceptors (Lipinski definition) is 5. The highest BCUT2D eigenvalue weighted by molar-refractivity contribution is 5.90. The molecular formula is C18H21NO4. The molecule has 2 heterocycles. The zero-order valence-electron chi connectivity index (χ0n) is 24.9. The van der Waals surface area contributed by atoms with Crippen molar-refractivity contribution in [3.63, 3.8) is 0 Å². The van der Waals surface area contributed by atoms with E-state index in [9.17, 15) is 7.54 Å². The third kappa shape index (κ3) is 1.32. The Morgan fingerprint density at radius 1 is 1.65 bits per heavy atom. The van der Waals surface area contributed by atoms with Gasteiger partial charge < -0.3 is 19.5 Å². The number of methoxy groups -OCH3 is 1. The smallest absolute Gasteiger partial charge is 0.211 e. The summed E-state index contributed by atoms with van der Waals surface area (Å²) >= 11 is 0. The molecule has 1 saturated carbocycles. The molecule has 5 heteroatoms. The van der Waals surface area contributed by atoms with Gasteiger partial charge in [0.05, 0.1) is 27.6 Å². The Morgan fingerprint density at radius 2 is 2.61 bits per heavy atom. The first-order valence-electron chi connectivity index (χ1n) is 13.7. The Hall–Kier alpha value is -1.59. The fourth-order valence-electron chi connectivity index (χ4n) is 4.45. The van der Waals surface area contributed by atoms with Crippen LogP contribution in [0.25, 0.3) is 0 Å². The number of likely N-dealkylation sites (N-methyl/N-ethyl adjacent to an activating group) is 1. The maximum absolute atomic E-state index is 13.5. The van der Waals surface area contributed by atoms with Crippen LogP contribution < -0.4 is 9.47 Å². The van der Waals surface area contributed by atoms with Crippen molar-refractivity contribution in [2.24, 2.45) is 0 Å². The minimum Gasteiger partial charge on any atom is -0.493 e. The molecule has 1 aromatic rings. The average Bonchev–Trinajstić information content (AvgIpc) is 2.98. The minimum absolute atomic E-state index is 0.145. The molecule has 0 amide bonds. The number of carbonyl (C=O) groups is 1. The number of carbonyl (C=O) groups excluding carboxylic acids is 1. The van der Waals surface area contributed by atoms with Gasteiger partial charge in [-0.25, -0.2) is 0 Å². The van der Waals surface area contributed by atoms with Gasteiger partial charge in [0.2, 0.25) is 1.43 Å². The average molecular weight is 328 g/mol. The van der Waals surface area contributed by atoms with E-state index >= 15 is 0 Å². The van der Waals surface area contributed by atoms with Crippen LogP contribution in [0.4, 0.5) is 0 Å². The molecule has 2 bridgehead atoms. The Balaban J connectivity index is 1.96. The SMILES string of the molecule is [2H]O[C@@]12CC([2H])([2H])C(=O)C3([2H])Oc4c(OC([2H])([2H])[2H])c([2H])c([2H])c5c4[C@@]31CCN(C([2H])([2H])[2H])[C@]2([2H])C5. The lowest BCUT2D eigenvalue weighted by atomic mass is 9.49. The van der Waals surface area contributed by atoms with Crippen LogP contribution in [0.15, 0.2) is 12.1 Å². The van der Waals surface area contributed by atoms with Crippen molar-refractivity contribution in [2.75, 3.05) is 20.6 Å². The van der Waals surface area contributed by atoms with Crippen molar-refractivity contribution in [2.45, 2.75) is 48.7 Å². The molecule has 1 aromatic carbocycles. The molecule has 1 N–H and O–H groups in total. The number of hydrogen-bond donors (Lipinski definition) is 1. The fraction of sp³-hybridized carbons (Fsp3) is 0.611. The topological polar surface area (TPSA) is 59.0 Å². The molecular weight excluding hydrogens is 294 g/mol. The van der Waals surface area contributed by atoms with Crippen LogP contribution in [-0.2, 0) is 16.6 Å². The predicted molar refractivity (Wildman–Crippen MR) is 83.0 cm³/mol. The van der Waals surface area contributed by atoms with Crippen molar-refractivity contribution in [3.05, 3.63) is 23.2 Å². The van der Waals surface area contributed by atoms with E-state index in [0.29, 0.717) is 0 Å². The Kier molecular flexibility index (Phi) is 1.07. The van der Waals surface area contributed by atoms with E-state index < -0.39 is 98.7 Å². The van der Waals surface area contributed by atoms with Crippen LogP contribution in [0.1, 0.15) is 46.8 Å². The third-order valence-corrected chi connectivity index (χ3v) is 5.42. The lowest BCUT2D eigenvalue weighted by Gasteiger charge is -2.62. The van der Waals surface area contributed by atoms with Crippen molar-refractivity contribution >= 4 is 5.78 Å². The quantitative estimate of drug-likeness (QED) is 0.879. The molecule has 0 aromatic heterocycles. The number of nitrogens with zero attached hydrogens (tertiary/aromatic N) is 1. The number of rotatable bonds is 2. The molecule has 4 aliphatic rings. The monoisotopic (exact) mass is 328 g/mol. The highest BCUT2D eigenvalue weighted by atomic mass is 16.5. The second-order valence-corrected chi connectivity index (χ2v) is 6.24. The second kappa shape index (κ2) is 4.08. The number of benzene rings is 1. The van der Waals surface area contributed by atoms with Crippen LogP contribution in [0.2, 0.25) is 0 Å². The summed E-state index contributed by atoms with van der Waals surface area (Å²) in [5, 5.41) is 5.11. The Morgan fingerprint density at radius 3 is 3.43 bits per heavy atom. The van der Waals surface area contributed by atoms with E-state index in [-0.39, 0.29) is 11.1 Å². The summed E-state index contributed by atoms with van der Waals surface area (Å²) in [4.78, 5) is 14.2. The van der Waals surface area contributed by atoms with Crippen molar-refractivity contribution in [1.82, 2.24) is 4.90 Å². The Bertz CT molecular complexity index is 1200. The first-order chi connectivity index (χ1) is 16.2. The van der Waals surface area contributed by atoms with Gasteiger partial charge in [0.25, 0.3) is 0 Å². The molecule has 0 radical (unpaired) electrons. The van der Waals surface area contributed by atoms with E-state index in [2.05, 4.69) is 0 Å². The van der Waals surface area contributed by atoms with Gasteiger partial charge in [0, 0.05) is 24.8 Å². The first-order valence-corrected chi connectivity index (χ1v) is 7.26. The summed E-state index contributed by atoms with van der Waals surface area (Å²) in [6.45, 7) is -3.35. The molecule has 1 spiro atoms. The highest BCUT2D eigenvalue weighted by Crippen LogP contribution is 2.64. The van der Waals surface area contributed by atoms with Gasteiger partial charge in [-0.2, -0.15) is 0 Å². The lowest BCUT2D eigenvalue weighted by molar-refractivity contribution is -0.185. The maximum Gasteiger partial charge on any atom is 0.211 e. The largest absolute Gasteiger partial charge is 0.493 e. The van der Waals surface area contributed by atoms with Crippen molar-refractivity contribution in [1.29, 1.82) is 1.43 Å². The van der Waals surface area contributed by atoms with E-state index in [0.717, 1.165) is 4.90 Å². The van der Waals surface area contributed by atoms with Crippen molar-refractivity contribution < 1.29 is 35.8 Å². The molecule has 2 aliphatic heterocycles. The van der Waals surface area contributed by atoms with Gasteiger partial charge in [0.1, 0.15) is 0 Å². The van der Waals surface area contributed by atoms with Crippen LogP contribution in [0.5, 0.6) is 11.5 Å². The van der Waals surface area contributed by atoms with Crippen LogP contribution in [0.3, 0.4) is 0 Å². The Labute approximate surface area is 153 Å². The zero-order valence-corrected chi connectivity index (χ0v) is 11.9. The summed E-state index contributed by atoms with van der Waals surface area (Å²) in [7, 11) is -3.13. The number of aliphatic hydroxyl groups is 1. The standard InChI is InChI=1S/C18H21NO4/c1-19-8-7-17-14-10-3-4-12(22-2)15(14)23-16(17)11(20)5-6-18(17,21)13(19)9-10/h3-4,13,16,21H,5-9H2,1-2H3/t13-,16?,17+,18-/m1/s1/i1D3,2D3,3D,4D,5D2,13D,16D,21D. The van der Waals surface area contributed by atoms with Gasteiger partial charge in [0.15, 0.2) is 23.4 Å². The van der Waals surface area contributed by atoms with Gasteiger partial charge in [-0.1, -0.05) is 6.04 Å². The molecule has 2 fully saturated rings. The lowest BCUT2D eigenvalue weighted by Crippen LogP contribution is -2.76. The first kappa shape index (κ1) is 6.05. The number of ether oxygens (including phenoxy) is 2. The number of likely N-dealkylation sites (tertiary alicyclic amines) is 1. The zero-order chi connectivity index (χ0) is 27.1. The predicted octanol–water partition coefficient (Wildman–Crippen LogP) is 1.05. The molecule has 1 unspecified atom stereocenters. The van der Waals surface area contributed by atoms with Crippen LogP contribution in [0, 0.1) is 0 Å².